The summed E-state index contributed by atoms with van der Waals surface area (Å²) in [6.45, 7) is 3.67. The third kappa shape index (κ3) is 3.95. The molecule has 8 nitrogen and oxygen atoms in total. The third-order valence-corrected chi connectivity index (χ3v) is 6.87. The van der Waals surface area contributed by atoms with Crippen LogP contribution >= 0.6 is 0 Å². The van der Waals surface area contributed by atoms with Crippen LogP contribution in [0.5, 0.6) is 5.75 Å². The summed E-state index contributed by atoms with van der Waals surface area (Å²) in [6, 6.07) is 4.46. The van der Waals surface area contributed by atoms with E-state index in [1.807, 2.05) is 10.9 Å². The highest BCUT2D eigenvalue weighted by Crippen LogP contribution is 2.35. The van der Waals surface area contributed by atoms with E-state index in [2.05, 4.69) is 39.5 Å². The zero-order chi connectivity index (χ0) is 22.2. The number of hydrogen-bond donors (Lipinski definition) is 1. The number of ketones is 1. The Bertz CT molecular complexity index is 1160. The van der Waals surface area contributed by atoms with Gasteiger partial charge in [0, 0.05) is 25.2 Å². The molecule has 0 amide bonds. The second kappa shape index (κ2) is 8.50. The van der Waals surface area contributed by atoms with Gasteiger partial charge in [-0.05, 0) is 62.9 Å². The summed E-state index contributed by atoms with van der Waals surface area (Å²) in [6.07, 6.45) is 8.48. The Labute approximate surface area is 188 Å². The molecule has 5 rings (SSSR count). The Morgan fingerprint density at radius 2 is 2.09 bits per heavy atom. The fraction of sp³-hybridized carbons (Fsp3) is 0.500. The highest BCUT2D eigenvalue weighted by molar-refractivity contribution is 5.79. The van der Waals surface area contributed by atoms with Crippen LogP contribution in [0.1, 0.15) is 49.8 Å². The Morgan fingerprint density at radius 3 is 2.91 bits per heavy atom. The topological polar surface area (TPSA) is 85.2 Å². The average molecular weight is 435 g/mol. The smallest absolute Gasteiger partial charge is 0.229 e. The maximum absolute atomic E-state index is 11.9. The van der Waals surface area contributed by atoms with Crippen molar-refractivity contribution in [3.63, 3.8) is 0 Å². The van der Waals surface area contributed by atoms with Crippen molar-refractivity contribution in [2.45, 2.75) is 51.6 Å². The molecule has 3 heterocycles. The summed E-state index contributed by atoms with van der Waals surface area (Å²) in [4.78, 5) is 23.6. The lowest BCUT2D eigenvalue weighted by Gasteiger charge is -2.28. The lowest BCUT2D eigenvalue weighted by molar-refractivity contribution is -0.122. The molecular weight excluding hydrogens is 404 g/mol. The number of fused-ring (bicyclic) bond motifs is 2. The van der Waals surface area contributed by atoms with E-state index in [1.54, 1.807) is 20.2 Å². The minimum atomic E-state index is 0.116. The molecule has 0 unspecified atom stereocenters. The van der Waals surface area contributed by atoms with Crippen LogP contribution in [0.2, 0.25) is 0 Å². The number of benzene rings is 1. The van der Waals surface area contributed by atoms with Gasteiger partial charge >= 0.3 is 0 Å². The molecule has 3 aromatic rings. The predicted molar refractivity (Wildman–Crippen MR) is 123 cm³/mol. The Kier molecular flexibility index (Phi) is 5.55. The second-order valence-corrected chi connectivity index (χ2v) is 9.12. The monoisotopic (exact) mass is 434 g/mol. The van der Waals surface area contributed by atoms with E-state index in [9.17, 15) is 4.79 Å². The van der Waals surface area contributed by atoms with E-state index >= 15 is 0 Å². The fourth-order valence-electron chi connectivity index (χ4n) is 5.03. The summed E-state index contributed by atoms with van der Waals surface area (Å²) >= 11 is 0. The van der Waals surface area contributed by atoms with Crippen LogP contribution in [-0.2, 0) is 17.8 Å². The van der Waals surface area contributed by atoms with Crippen molar-refractivity contribution in [1.29, 1.82) is 0 Å². The van der Waals surface area contributed by atoms with Crippen molar-refractivity contribution in [2.24, 2.45) is 5.92 Å². The molecule has 1 aromatic carbocycles. The fourth-order valence-corrected chi connectivity index (χ4v) is 5.03. The molecule has 0 bridgehead atoms. The Balaban J connectivity index is 1.45. The first-order valence-corrected chi connectivity index (χ1v) is 11.4. The van der Waals surface area contributed by atoms with Crippen molar-refractivity contribution in [3.05, 3.63) is 35.7 Å². The van der Waals surface area contributed by atoms with Crippen LogP contribution in [0.15, 0.2) is 24.5 Å². The van der Waals surface area contributed by atoms with Crippen molar-refractivity contribution in [1.82, 2.24) is 24.6 Å². The number of methoxy groups -OCH3 is 1. The van der Waals surface area contributed by atoms with Gasteiger partial charge in [-0.1, -0.05) is 6.42 Å². The van der Waals surface area contributed by atoms with Gasteiger partial charge in [-0.15, -0.1) is 0 Å². The van der Waals surface area contributed by atoms with Gasteiger partial charge in [-0.2, -0.15) is 10.1 Å². The summed E-state index contributed by atoms with van der Waals surface area (Å²) in [5.74, 6) is 1.70. The lowest BCUT2D eigenvalue weighted by atomic mass is 9.83. The van der Waals surface area contributed by atoms with Crippen LogP contribution in [0.3, 0.4) is 0 Å². The van der Waals surface area contributed by atoms with E-state index < -0.39 is 0 Å². The molecule has 0 saturated heterocycles. The number of nitrogens with zero attached hydrogens (tertiary/aromatic N) is 5. The minimum absolute atomic E-state index is 0.116. The van der Waals surface area contributed by atoms with Gasteiger partial charge in [-0.3, -0.25) is 4.79 Å². The number of hydrogen-bond acceptors (Lipinski definition) is 7. The molecule has 32 heavy (non-hydrogen) atoms. The molecule has 0 spiro atoms. The van der Waals surface area contributed by atoms with E-state index in [0.717, 1.165) is 67.7 Å². The molecule has 2 aromatic heterocycles. The molecule has 1 aliphatic heterocycles. The zero-order valence-electron chi connectivity index (χ0n) is 19.0. The molecule has 2 aliphatic rings. The molecular formula is C24H30N6O2. The Hall–Kier alpha value is -3.00. The minimum Gasteiger partial charge on any atom is -0.495 e. The first-order valence-electron chi connectivity index (χ1n) is 11.4. The molecule has 1 saturated carbocycles. The lowest BCUT2D eigenvalue weighted by Crippen LogP contribution is -2.26. The number of rotatable bonds is 5. The van der Waals surface area contributed by atoms with Gasteiger partial charge in [0.05, 0.1) is 30.4 Å². The van der Waals surface area contributed by atoms with Gasteiger partial charge in [0.2, 0.25) is 5.95 Å². The average Bonchev–Trinajstić information content (AvgIpc) is 3.22. The summed E-state index contributed by atoms with van der Waals surface area (Å²) in [7, 11) is 3.83. The SMILES string of the molecule is COc1cc2c(cc1Nc1ncc3cnn([C@@H]4CCC[C@@H](C(C)=O)C4)c3n1)CN(C)CC2. The number of anilines is 2. The molecule has 1 aliphatic carbocycles. The van der Waals surface area contributed by atoms with E-state index in [0.29, 0.717) is 5.95 Å². The molecule has 0 radical (unpaired) electrons. The zero-order valence-corrected chi connectivity index (χ0v) is 19.0. The number of carbonyl (C=O) groups is 1. The quantitative estimate of drug-likeness (QED) is 0.652. The van der Waals surface area contributed by atoms with Crippen LogP contribution in [0.25, 0.3) is 11.0 Å². The molecule has 8 heteroatoms. The van der Waals surface area contributed by atoms with Gasteiger partial charge < -0.3 is 15.0 Å². The summed E-state index contributed by atoms with van der Waals surface area (Å²) < 4.78 is 7.64. The number of likely N-dealkylation sites (N-methyl/N-ethyl adjacent to an activating group) is 1. The number of carbonyl (C=O) groups excluding carboxylic acids is 1. The van der Waals surface area contributed by atoms with E-state index in [1.165, 1.54) is 11.1 Å². The van der Waals surface area contributed by atoms with Crippen molar-refractivity contribution < 1.29 is 9.53 Å². The molecule has 1 fully saturated rings. The van der Waals surface area contributed by atoms with Crippen molar-refractivity contribution in [2.75, 3.05) is 26.0 Å². The van der Waals surface area contributed by atoms with Crippen LogP contribution < -0.4 is 10.1 Å². The Morgan fingerprint density at radius 1 is 1.22 bits per heavy atom. The highest BCUT2D eigenvalue weighted by Gasteiger charge is 2.28. The van der Waals surface area contributed by atoms with Gasteiger partial charge in [0.15, 0.2) is 5.65 Å². The van der Waals surface area contributed by atoms with Crippen molar-refractivity contribution in [3.8, 4) is 5.75 Å². The number of Topliss-reactive ketones (excluding diaryl/α,β-unsaturated/α-hetero) is 1. The molecule has 2 atom stereocenters. The van der Waals surface area contributed by atoms with Crippen LogP contribution in [0.4, 0.5) is 11.6 Å². The molecule has 168 valence electrons. The standard InChI is InChI=1S/C24H30N6O2/c1-15(31)16-5-4-6-20(9-16)30-23-19(13-26-30)12-25-24(28-23)27-21-10-18-14-29(2)8-7-17(18)11-22(21)32-3/h10-13,16,20H,4-9,14H2,1-3H3,(H,25,27,28)/t16-,20-/m1/s1. The summed E-state index contributed by atoms with van der Waals surface area (Å²) in [5, 5.41) is 8.87. The number of aromatic nitrogens is 4. The van der Waals surface area contributed by atoms with Crippen LogP contribution in [0, 0.1) is 5.92 Å². The number of ether oxygens (including phenoxy) is 1. The normalized spacial score (nSPS) is 21.3. The largest absolute Gasteiger partial charge is 0.495 e. The van der Waals surface area contributed by atoms with Crippen molar-refractivity contribution >= 4 is 28.5 Å². The molecule has 1 N–H and O–H groups in total. The second-order valence-electron chi connectivity index (χ2n) is 9.12. The third-order valence-electron chi connectivity index (χ3n) is 6.87. The summed E-state index contributed by atoms with van der Waals surface area (Å²) in [5.41, 5.74) is 4.29. The highest BCUT2D eigenvalue weighted by atomic mass is 16.5. The number of nitrogens with one attached hydrogen (secondary N) is 1. The predicted octanol–water partition coefficient (Wildman–Crippen LogP) is 3.89. The van der Waals surface area contributed by atoms with Crippen LogP contribution in [-0.4, -0.2) is 51.1 Å². The van der Waals surface area contributed by atoms with Gasteiger partial charge in [-0.25, -0.2) is 9.67 Å². The first-order chi connectivity index (χ1) is 15.5. The first kappa shape index (κ1) is 20.9. The maximum atomic E-state index is 11.9. The van der Waals surface area contributed by atoms with Gasteiger partial charge in [0.1, 0.15) is 11.5 Å². The van der Waals surface area contributed by atoms with E-state index in [4.69, 9.17) is 9.72 Å². The maximum Gasteiger partial charge on any atom is 0.229 e. The van der Waals surface area contributed by atoms with Gasteiger partial charge in [0.25, 0.3) is 0 Å². The van der Waals surface area contributed by atoms with E-state index in [-0.39, 0.29) is 17.7 Å².